The summed E-state index contributed by atoms with van der Waals surface area (Å²) in [7, 11) is 0. The fourth-order valence-corrected chi connectivity index (χ4v) is 4.89. The molecule has 0 N–H and O–H groups in total. The summed E-state index contributed by atoms with van der Waals surface area (Å²) in [5.74, 6) is -2.98. The molecule has 2 fully saturated rings. The third-order valence-corrected chi connectivity index (χ3v) is 5.94. The molecule has 2 aromatic carbocycles. The third kappa shape index (κ3) is 2.14. The highest BCUT2D eigenvalue weighted by molar-refractivity contribution is 6.24. The minimum Gasteiger partial charge on any atom is -0.359 e. The van der Waals surface area contributed by atoms with Gasteiger partial charge in [0.25, 0.3) is 0 Å². The zero-order valence-corrected chi connectivity index (χ0v) is 15.1. The number of amides is 2. The van der Waals surface area contributed by atoms with Crippen LogP contribution in [0.25, 0.3) is 6.08 Å². The second kappa shape index (κ2) is 5.86. The van der Waals surface area contributed by atoms with Crippen LogP contribution in [0.2, 0.25) is 0 Å². The van der Waals surface area contributed by atoms with Gasteiger partial charge in [0.1, 0.15) is 5.82 Å². The zero-order valence-electron chi connectivity index (χ0n) is 15.1. The number of carbonyl (C=O) groups is 3. The van der Waals surface area contributed by atoms with Crippen molar-refractivity contribution in [1.29, 1.82) is 0 Å². The summed E-state index contributed by atoms with van der Waals surface area (Å²) in [6.45, 7) is 1.45. The summed E-state index contributed by atoms with van der Waals surface area (Å²) in [4.78, 5) is 42.0. The van der Waals surface area contributed by atoms with Crippen molar-refractivity contribution in [2.24, 2.45) is 11.8 Å². The van der Waals surface area contributed by atoms with E-state index in [0.717, 1.165) is 16.0 Å². The van der Waals surface area contributed by atoms with Crippen LogP contribution in [0.4, 0.5) is 10.1 Å². The van der Waals surface area contributed by atoms with E-state index in [0.29, 0.717) is 0 Å². The number of carbonyl (C=O) groups excluding carboxylic acids is 3. The fraction of sp³-hybridized carbons (Fsp3) is 0.227. The van der Waals surface area contributed by atoms with Gasteiger partial charge in [0.15, 0.2) is 5.78 Å². The number of nitrogens with zero attached hydrogens (tertiary/aromatic N) is 2. The first-order valence-corrected chi connectivity index (χ1v) is 9.17. The SMILES string of the molecule is CC(=O)[C@@H]1[C@@H]2C(=O)N(c3cccc(F)c3)C(=O)[C@@H]2[C@H]2c3ccccc3C=CN12. The van der Waals surface area contributed by atoms with Gasteiger partial charge in [-0.3, -0.25) is 14.4 Å². The quantitative estimate of drug-likeness (QED) is 0.757. The Morgan fingerprint density at radius 1 is 1.00 bits per heavy atom. The number of rotatable bonds is 2. The van der Waals surface area contributed by atoms with Crippen molar-refractivity contribution < 1.29 is 18.8 Å². The van der Waals surface area contributed by atoms with Crippen molar-refractivity contribution in [3.63, 3.8) is 0 Å². The van der Waals surface area contributed by atoms with Crippen molar-refractivity contribution in [1.82, 2.24) is 4.90 Å². The van der Waals surface area contributed by atoms with Crippen LogP contribution in [0.1, 0.15) is 24.1 Å². The number of fused-ring (bicyclic) bond motifs is 5. The Hall–Kier alpha value is -3.28. The molecule has 0 aromatic heterocycles. The first kappa shape index (κ1) is 16.9. The average Bonchev–Trinajstić information content (AvgIpc) is 3.15. The van der Waals surface area contributed by atoms with Gasteiger partial charge in [-0.15, -0.1) is 0 Å². The molecule has 5 rings (SSSR count). The lowest BCUT2D eigenvalue weighted by Crippen LogP contribution is -2.43. The van der Waals surface area contributed by atoms with E-state index < -0.39 is 35.6 Å². The Balaban J connectivity index is 1.66. The van der Waals surface area contributed by atoms with Crippen molar-refractivity contribution in [2.75, 3.05) is 4.90 Å². The number of Topliss-reactive ketones (excluding diaryl/α,β-unsaturated/α-hetero) is 1. The number of hydrogen-bond acceptors (Lipinski definition) is 4. The number of imide groups is 1. The van der Waals surface area contributed by atoms with Crippen LogP contribution in [0, 0.1) is 17.7 Å². The first-order chi connectivity index (χ1) is 13.5. The van der Waals surface area contributed by atoms with Gasteiger partial charge >= 0.3 is 0 Å². The van der Waals surface area contributed by atoms with Crippen molar-refractivity contribution in [3.8, 4) is 0 Å². The Morgan fingerprint density at radius 2 is 1.75 bits per heavy atom. The third-order valence-electron chi connectivity index (χ3n) is 5.94. The molecule has 0 saturated carbocycles. The van der Waals surface area contributed by atoms with Crippen molar-refractivity contribution >= 4 is 29.4 Å². The highest BCUT2D eigenvalue weighted by Gasteiger charge is 2.63. The summed E-state index contributed by atoms with van der Waals surface area (Å²) in [5, 5.41) is 0. The molecular weight excluding hydrogens is 359 g/mol. The molecule has 3 heterocycles. The minimum atomic E-state index is -0.783. The molecule has 0 bridgehead atoms. The molecule has 0 aliphatic carbocycles. The van der Waals surface area contributed by atoms with E-state index in [1.54, 1.807) is 0 Å². The number of halogens is 1. The molecule has 2 aromatic rings. The van der Waals surface area contributed by atoms with Gasteiger partial charge in [-0.1, -0.05) is 30.3 Å². The normalized spacial score (nSPS) is 27.6. The lowest BCUT2D eigenvalue weighted by Gasteiger charge is -2.34. The molecule has 6 heteroatoms. The van der Waals surface area contributed by atoms with Gasteiger partial charge in [0.2, 0.25) is 11.8 Å². The van der Waals surface area contributed by atoms with Gasteiger partial charge in [0.05, 0.1) is 29.6 Å². The van der Waals surface area contributed by atoms with Gasteiger partial charge in [-0.25, -0.2) is 9.29 Å². The van der Waals surface area contributed by atoms with Gasteiger partial charge < -0.3 is 4.90 Å². The number of hydrogen-bond donors (Lipinski definition) is 0. The van der Waals surface area contributed by atoms with E-state index in [4.69, 9.17) is 0 Å². The highest BCUT2D eigenvalue weighted by Crippen LogP contribution is 2.53. The summed E-state index contributed by atoms with van der Waals surface area (Å²) >= 11 is 0. The molecule has 28 heavy (non-hydrogen) atoms. The van der Waals surface area contributed by atoms with E-state index >= 15 is 0 Å². The molecule has 140 valence electrons. The molecule has 4 atom stereocenters. The molecule has 0 radical (unpaired) electrons. The Kier molecular flexibility index (Phi) is 3.53. The second-order valence-corrected chi connectivity index (χ2v) is 7.44. The van der Waals surface area contributed by atoms with Crippen LogP contribution in [-0.2, 0) is 14.4 Å². The fourth-order valence-electron chi connectivity index (χ4n) is 4.89. The topological polar surface area (TPSA) is 57.7 Å². The van der Waals surface area contributed by atoms with E-state index in [9.17, 15) is 18.8 Å². The molecule has 0 spiro atoms. The first-order valence-electron chi connectivity index (χ1n) is 9.17. The molecule has 2 saturated heterocycles. The van der Waals surface area contributed by atoms with Gasteiger partial charge in [-0.05, 0) is 42.3 Å². The predicted molar refractivity (Wildman–Crippen MR) is 100 cm³/mol. The average molecular weight is 376 g/mol. The smallest absolute Gasteiger partial charge is 0.240 e. The van der Waals surface area contributed by atoms with Crippen LogP contribution in [0.3, 0.4) is 0 Å². The minimum absolute atomic E-state index is 0.163. The molecule has 2 amide bonds. The van der Waals surface area contributed by atoms with E-state index in [1.165, 1.54) is 31.2 Å². The van der Waals surface area contributed by atoms with Crippen LogP contribution < -0.4 is 4.90 Å². The summed E-state index contributed by atoms with van der Waals surface area (Å²) in [5.41, 5.74) is 2.10. The Bertz CT molecular complexity index is 1060. The largest absolute Gasteiger partial charge is 0.359 e. The zero-order chi connectivity index (χ0) is 19.6. The van der Waals surface area contributed by atoms with Crippen LogP contribution >= 0.6 is 0 Å². The molecule has 5 nitrogen and oxygen atoms in total. The maximum Gasteiger partial charge on any atom is 0.240 e. The summed E-state index contributed by atoms with van der Waals surface area (Å²) in [6, 6.07) is 12.0. The number of ketones is 1. The predicted octanol–water partition coefficient (Wildman–Crippen LogP) is 2.93. The second-order valence-electron chi connectivity index (χ2n) is 7.44. The number of anilines is 1. The van der Waals surface area contributed by atoms with E-state index in [1.807, 2.05) is 41.4 Å². The van der Waals surface area contributed by atoms with Crippen molar-refractivity contribution in [3.05, 3.63) is 71.7 Å². The van der Waals surface area contributed by atoms with Crippen LogP contribution in [-0.4, -0.2) is 28.5 Å². The summed E-state index contributed by atoms with van der Waals surface area (Å²) in [6.07, 6.45) is 3.71. The van der Waals surface area contributed by atoms with Crippen LogP contribution in [0.5, 0.6) is 0 Å². The number of benzene rings is 2. The lowest BCUT2D eigenvalue weighted by atomic mass is 9.84. The van der Waals surface area contributed by atoms with E-state index in [-0.39, 0.29) is 17.4 Å². The Labute approximate surface area is 161 Å². The highest BCUT2D eigenvalue weighted by atomic mass is 19.1. The lowest BCUT2D eigenvalue weighted by molar-refractivity contribution is -0.129. The Morgan fingerprint density at radius 3 is 2.50 bits per heavy atom. The monoisotopic (exact) mass is 376 g/mol. The van der Waals surface area contributed by atoms with Crippen LogP contribution in [0.15, 0.2) is 54.7 Å². The maximum atomic E-state index is 13.7. The molecule has 0 unspecified atom stereocenters. The van der Waals surface area contributed by atoms with Crippen molar-refractivity contribution in [2.45, 2.75) is 19.0 Å². The van der Waals surface area contributed by atoms with E-state index in [2.05, 4.69) is 0 Å². The molecular formula is C22H17FN2O3. The van der Waals surface area contributed by atoms with Gasteiger partial charge in [0, 0.05) is 6.20 Å². The molecule has 3 aliphatic rings. The van der Waals surface area contributed by atoms with Gasteiger partial charge in [-0.2, -0.15) is 0 Å². The summed E-state index contributed by atoms with van der Waals surface area (Å²) < 4.78 is 13.7. The standard InChI is InChI=1S/C22H17FN2O3/c1-12(26)19-17-18(20-16-8-3-2-5-13(16)9-10-24(19)20)22(28)25(21(17)27)15-7-4-6-14(23)11-15/h2-11,17-20H,1H3/t17-,18+,19-,20-/m1/s1. The maximum absolute atomic E-state index is 13.7. The molecule has 3 aliphatic heterocycles.